The Morgan fingerprint density at radius 1 is 1.21 bits per heavy atom. The van der Waals surface area contributed by atoms with Crippen molar-refractivity contribution >= 4 is 5.71 Å². The summed E-state index contributed by atoms with van der Waals surface area (Å²) in [4.78, 5) is 1.95. The first-order valence-electron chi connectivity index (χ1n) is 4.64. The van der Waals surface area contributed by atoms with Gasteiger partial charge in [0.05, 0.1) is 11.4 Å². The Labute approximate surface area is 85.4 Å². The molecule has 2 heteroatoms. The summed E-state index contributed by atoms with van der Waals surface area (Å²) in [6.07, 6.45) is 1.95. The van der Waals surface area contributed by atoms with Gasteiger partial charge in [-0.15, -0.1) is 0 Å². The van der Waals surface area contributed by atoms with Gasteiger partial charge in [-0.3, -0.25) is 5.41 Å². The van der Waals surface area contributed by atoms with Crippen LogP contribution < -0.4 is 0 Å². The minimum absolute atomic E-state index is 0.568. The molecule has 1 rings (SSSR count). The lowest BCUT2D eigenvalue weighted by Crippen LogP contribution is -2.19. The Hall–Kier alpha value is -1.57. The largest absolute Gasteiger partial charge is 0.376 e. The van der Waals surface area contributed by atoms with Gasteiger partial charge in [-0.2, -0.15) is 0 Å². The molecule has 0 heterocycles. The van der Waals surface area contributed by atoms with Gasteiger partial charge in [0.25, 0.3) is 0 Å². The maximum Gasteiger partial charge on any atom is 0.0841 e. The molecule has 14 heavy (non-hydrogen) atoms. The van der Waals surface area contributed by atoms with Crippen LogP contribution in [0.5, 0.6) is 0 Å². The second-order valence-electron chi connectivity index (χ2n) is 3.31. The Morgan fingerprint density at radius 2 is 1.79 bits per heavy atom. The fourth-order valence-electron chi connectivity index (χ4n) is 1.38. The Morgan fingerprint density at radius 3 is 2.21 bits per heavy atom. The minimum Gasteiger partial charge on any atom is -0.376 e. The highest BCUT2D eigenvalue weighted by Crippen LogP contribution is 2.09. The summed E-state index contributed by atoms with van der Waals surface area (Å²) >= 11 is 0. The van der Waals surface area contributed by atoms with E-state index in [2.05, 4.69) is 0 Å². The molecule has 0 atom stereocenters. The van der Waals surface area contributed by atoms with Crippen molar-refractivity contribution in [3.8, 4) is 0 Å². The van der Waals surface area contributed by atoms with E-state index in [-0.39, 0.29) is 0 Å². The second kappa shape index (κ2) is 4.61. The molecule has 74 valence electrons. The molecule has 1 N–H and O–H groups in total. The summed E-state index contributed by atoms with van der Waals surface area (Å²) in [5.41, 5.74) is 2.46. The van der Waals surface area contributed by atoms with Gasteiger partial charge in [0, 0.05) is 19.7 Å². The third kappa shape index (κ3) is 2.22. The van der Waals surface area contributed by atoms with Crippen molar-refractivity contribution < 1.29 is 0 Å². The molecule has 1 aromatic rings. The van der Waals surface area contributed by atoms with Gasteiger partial charge in [-0.05, 0) is 6.92 Å². The summed E-state index contributed by atoms with van der Waals surface area (Å²) in [6, 6.07) is 9.77. The van der Waals surface area contributed by atoms with Gasteiger partial charge in [0.15, 0.2) is 0 Å². The molecule has 0 aliphatic carbocycles. The van der Waals surface area contributed by atoms with Gasteiger partial charge in [0.1, 0.15) is 0 Å². The number of rotatable bonds is 3. The van der Waals surface area contributed by atoms with Crippen molar-refractivity contribution in [1.29, 1.82) is 5.41 Å². The van der Waals surface area contributed by atoms with Crippen LogP contribution in [0.15, 0.2) is 42.1 Å². The molecule has 0 amide bonds. The predicted octanol–water partition coefficient (Wildman–Crippen LogP) is 2.52. The number of nitrogens with zero attached hydrogens (tertiary/aromatic N) is 1. The zero-order chi connectivity index (χ0) is 10.6. The number of benzene rings is 1. The fraction of sp³-hybridized carbons (Fsp3) is 0.250. The second-order valence-corrected chi connectivity index (χ2v) is 3.31. The number of hydrogen-bond donors (Lipinski definition) is 1. The summed E-state index contributed by atoms with van der Waals surface area (Å²) in [6.45, 7) is 1.95. The molecule has 0 bridgehead atoms. The molecule has 0 aliphatic heterocycles. The molecule has 1 aromatic carbocycles. The zero-order valence-corrected chi connectivity index (χ0v) is 8.91. The predicted molar refractivity (Wildman–Crippen MR) is 60.7 cm³/mol. The zero-order valence-electron chi connectivity index (χ0n) is 8.91. The highest BCUT2D eigenvalue weighted by Gasteiger charge is 2.07. The summed E-state index contributed by atoms with van der Waals surface area (Å²) in [5.74, 6) is 0. The van der Waals surface area contributed by atoms with Crippen LogP contribution in [0.25, 0.3) is 0 Å². The summed E-state index contributed by atoms with van der Waals surface area (Å²) in [5, 5.41) is 8.01. The van der Waals surface area contributed by atoms with E-state index in [0.29, 0.717) is 5.71 Å². The molecule has 0 saturated carbocycles. The number of hydrogen-bond acceptors (Lipinski definition) is 2. The van der Waals surface area contributed by atoms with Crippen molar-refractivity contribution in [3.05, 3.63) is 47.7 Å². The lowest BCUT2D eigenvalue weighted by Gasteiger charge is -2.17. The van der Waals surface area contributed by atoms with Crippen LogP contribution in [0.3, 0.4) is 0 Å². The molecule has 0 unspecified atom stereocenters. The Kier molecular flexibility index (Phi) is 3.46. The van der Waals surface area contributed by atoms with Gasteiger partial charge >= 0.3 is 0 Å². The standard InChI is InChI=1S/C12H16N2/c1-4-11(14(2)3)12(13)10-8-6-5-7-9-10/h4-9,13H,1-3H3/b11-4+,13-12?. The molecule has 2 nitrogen and oxygen atoms in total. The van der Waals surface area contributed by atoms with Crippen LogP contribution in [-0.4, -0.2) is 24.7 Å². The normalized spacial score (nSPS) is 11.2. The molecule has 0 aromatic heterocycles. The van der Waals surface area contributed by atoms with Crippen LogP contribution in [0.1, 0.15) is 12.5 Å². The first kappa shape index (κ1) is 10.5. The average Bonchev–Trinajstić information content (AvgIpc) is 2.19. The number of allylic oxidation sites excluding steroid dienone is 2. The van der Waals surface area contributed by atoms with Gasteiger partial charge in [0.2, 0.25) is 0 Å². The quantitative estimate of drug-likeness (QED) is 0.725. The van der Waals surface area contributed by atoms with E-state index in [9.17, 15) is 0 Å². The summed E-state index contributed by atoms with van der Waals surface area (Å²) in [7, 11) is 3.90. The first-order chi connectivity index (χ1) is 6.66. The molecule has 0 radical (unpaired) electrons. The van der Waals surface area contributed by atoms with E-state index < -0.39 is 0 Å². The molecule has 0 spiro atoms. The minimum atomic E-state index is 0.568. The maximum atomic E-state index is 8.01. The highest BCUT2D eigenvalue weighted by atomic mass is 15.1. The van der Waals surface area contributed by atoms with E-state index in [1.807, 2.05) is 62.3 Å². The van der Waals surface area contributed by atoms with E-state index in [4.69, 9.17) is 5.41 Å². The van der Waals surface area contributed by atoms with Crippen LogP contribution in [0.4, 0.5) is 0 Å². The van der Waals surface area contributed by atoms with Crippen LogP contribution in [0.2, 0.25) is 0 Å². The van der Waals surface area contributed by atoms with Crippen LogP contribution in [0, 0.1) is 5.41 Å². The Balaban J connectivity index is 2.96. The first-order valence-corrected chi connectivity index (χ1v) is 4.64. The molecule has 0 fully saturated rings. The Bertz CT molecular complexity index is 337. The van der Waals surface area contributed by atoms with Crippen molar-refractivity contribution in [1.82, 2.24) is 4.90 Å². The molecular formula is C12H16N2. The molecule has 0 saturated heterocycles. The topological polar surface area (TPSA) is 27.1 Å². The van der Waals surface area contributed by atoms with Crippen molar-refractivity contribution in [3.63, 3.8) is 0 Å². The summed E-state index contributed by atoms with van der Waals surface area (Å²) < 4.78 is 0. The smallest absolute Gasteiger partial charge is 0.0841 e. The van der Waals surface area contributed by atoms with E-state index in [1.165, 1.54) is 0 Å². The molecule has 0 aliphatic rings. The van der Waals surface area contributed by atoms with Crippen molar-refractivity contribution in [2.24, 2.45) is 0 Å². The fourth-order valence-corrected chi connectivity index (χ4v) is 1.38. The lowest BCUT2D eigenvalue weighted by atomic mass is 10.1. The highest BCUT2D eigenvalue weighted by molar-refractivity contribution is 6.09. The van der Waals surface area contributed by atoms with Crippen LogP contribution >= 0.6 is 0 Å². The van der Waals surface area contributed by atoms with Gasteiger partial charge in [-0.1, -0.05) is 36.4 Å². The van der Waals surface area contributed by atoms with Gasteiger partial charge in [-0.25, -0.2) is 0 Å². The third-order valence-corrected chi connectivity index (χ3v) is 2.07. The van der Waals surface area contributed by atoms with Crippen LogP contribution in [-0.2, 0) is 0 Å². The van der Waals surface area contributed by atoms with Crippen molar-refractivity contribution in [2.75, 3.05) is 14.1 Å². The van der Waals surface area contributed by atoms with E-state index in [1.54, 1.807) is 0 Å². The number of likely N-dealkylation sites (N-methyl/N-ethyl adjacent to an activating group) is 1. The number of nitrogens with one attached hydrogen (secondary N) is 1. The lowest BCUT2D eigenvalue weighted by molar-refractivity contribution is 0.537. The third-order valence-electron chi connectivity index (χ3n) is 2.07. The monoisotopic (exact) mass is 188 g/mol. The van der Waals surface area contributed by atoms with Crippen molar-refractivity contribution in [2.45, 2.75) is 6.92 Å². The SMILES string of the molecule is C/C=C(\C(=N)c1ccccc1)N(C)C. The molecular weight excluding hydrogens is 172 g/mol. The van der Waals surface area contributed by atoms with E-state index >= 15 is 0 Å². The van der Waals surface area contributed by atoms with Gasteiger partial charge < -0.3 is 4.90 Å². The van der Waals surface area contributed by atoms with E-state index in [0.717, 1.165) is 11.3 Å². The maximum absolute atomic E-state index is 8.01. The average molecular weight is 188 g/mol.